The van der Waals surface area contributed by atoms with Gasteiger partial charge >= 0.3 is 0 Å². The lowest BCUT2D eigenvalue weighted by Crippen LogP contribution is -2.29. The molecule has 2 nitrogen and oxygen atoms in total. The van der Waals surface area contributed by atoms with Gasteiger partial charge in [0.05, 0.1) is 4.47 Å². The molecule has 0 saturated heterocycles. The maximum absolute atomic E-state index is 6.03. The average molecular weight is 306 g/mol. The van der Waals surface area contributed by atoms with Gasteiger partial charge in [0.2, 0.25) is 0 Å². The van der Waals surface area contributed by atoms with Crippen LogP contribution in [-0.2, 0) is 0 Å². The number of halogens is 1. The molecule has 0 heterocycles. The molecule has 0 aliphatic heterocycles. The van der Waals surface area contributed by atoms with Gasteiger partial charge in [0.15, 0.2) is 0 Å². The molecule has 0 bridgehead atoms. The van der Waals surface area contributed by atoms with Crippen molar-refractivity contribution in [1.29, 1.82) is 0 Å². The van der Waals surface area contributed by atoms with E-state index in [9.17, 15) is 0 Å². The highest BCUT2D eigenvalue weighted by Crippen LogP contribution is 2.30. The molecule has 0 aliphatic carbocycles. The molecular formula is C15H16BrNO. The minimum absolute atomic E-state index is 0.0838. The molecule has 18 heavy (non-hydrogen) atoms. The van der Waals surface area contributed by atoms with Crippen LogP contribution in [-0.4, -0.2) is 6.04 Å². The molecule has 0 fully saturated rings. The summed E-state index contributed by atoms with van der Waals surface area (Å²) in [5.41, 5.74) is 7.11. The first kappa shape index (κ1) is 13.1. The second kappa shape index (κ2) is 6.03. The number of rotatable bonds is 4. The van der Waals surface area contributed by atoms with E-state index in [0.29, 0.717) is 0 Å². The molecule has 3 heteroatoms. The monoisotopic (exact) mass is 305 g/mol. The lowest BCUT2D eigenvalue weighted by Gasteiger charge is -2.23. The van der Waals surface area contributed by atoms with E-state index >= 15 is 0 Å². The van der Waals surface area contributed by atoms with E-state index < -0.39 is 0 Å². The highest BCUT2D eigenvalue weighted by atomic mass is 79.9. The summed E-state index contributed by atoms with van der Waals surface area (Å²) in [6.07, 6.45) is -0.148. The molecular weight excluding hydrogens is 290 g/mol. The largest absolute Gasteiger partial charge is 0.483 e. The zero-order valence-electron chi connectivity index (χ0n) is 10.2. The van der Waals surface area contributed by atoms with Crippen LogP contribution >= 0.6 is 15.9 Å². The topological polar surface area (TPSA) is 35.2 Å². The molecule has 0 aromatic heterocycles. The normalized spacial score (nSPS) is 13.9. The molecule has 94 valence electrons. The second-order valence-electron chi connectivity index (χ2n) is 4.24. The Kier molecular flexibility index (Phi) is 4.39. The molecule has 2 N–H and O–H groups in total. The third kappa shape index (κ3) is 3.12. The number of hydrogen-bond donors (Lipinski definition) is 1. The number of hydrogen-bond acceptors (Lipinski definition) is 2. The smallest absolute Gasteiger partial charge is 0.139 e. The van der Waals surface area contributed by atoms with Crippen molar-refractivity contribution in [2.45, 2.75) is 19.1 Å². The van der Waals surface area contributed by atoms with Crippen LogP contribution in [0, 0.1) is 0 Å². The van der Waals surface area contributed by atoms with Gasteiger partial charge in [-0.1, -0.05) is 42.5 Å². The van der Waals surface area contributed by atoms with E-state index in [0.717, 1.165) is 15.8 Å². The maximum atomic E-state index is 6.03. The molecule has 0 saturated carbocycles. The molecule has 0 amide bonds. The third-order valence-corrected chi connectivity index (χ3v) is 3.35. The van der Waals surface area contributed by atoms with Crippen LogP contribution in [0.5, 0.6) is 5.75 Å². The van der Waals surface area contributed by atoms with Crippen molar-refractivity contribution < 1.29 is 4.74 Å². The number of nitrogens with two attached hydrogens (primary N) is 1. The summed E-state index contributed by atoms with van der Waals surface area (Å²) in [5.74, 6) is 0.809. The van der Waals surface area contributed by atoms with Gasteiger partial charge in [-0.15, -0.1) is 0 Å². The van der Waals surface area contributed by atoms with Gasteiger partial charge in [-0.2, -0.15) is 0 Å². The fraction of sp³-hybridized carbons (Fsp3) is 0.200. The average Bonchev–Trinajstić information content (AvgIpc) is 2.38. The van der Waals surface area contributed by atoms with Crippen LogP contribution in [0.4, 0.5) is 0 Å². The Morgan fingerprint density at radius 1 is 1.00 bits per heavy atom. The van der Waals surface area contributed by atoms with E-state index in [1.54, 1.807) is 0 Å². The first-order valence-corrected chi connectivity index (χ1v) is 6.69. The Morgan fingerprint density at radius 3 is 2.22 bits per heavy atom. The van der Waals surface area contributed by atoms with E-state index in [-0.39, 0.29) is 12.1 Å². The Balaban J connectivity index is 2.26. The number of benzene rings is 2. The zero-order chi connectivity index (χ0) is 13.0. The Bertz CT molecular complexity index is 499. The van der Waals surface area contributed by atoms with Crippen molar-refractivity contribution in [3.05, 3.63) is 64.6 Å². The van der Waals surface area contributed by atoms with Gasteiger partial charge < -0.3 is 10.5 Å². The van der Waals surface area contributed by atoms with Crippen molar-refractivity contribution in [3.63, 3.8) is 0 Å². The summed E-state index contributed by atoms with van der Waals surface area (Å²) >= 11 is 3.48. The predicted molar refractivity (Wildman–Crippen MR) is 77.6 cm³/mol. The van der Waals surface area contributed by atoms with Crippen molar-refractivity contribution in [1.82, 2.24) is 0 Å². The number of para-hydroxylation sites is 1. The van der Waals surface area contributed by atoms with Crippen LogP contribution < -0.4 is 10.5 Å². The first-order valence-electron chi connectivity index (χ1n) is 5.90. The molecule has 2 aromatic rings. The molecule has 2 unspecified atom stereocenters. The van der Waals surface area contributed by atoms with E-state index in [4.69, 9.17) is 10.5 Å². The summed E-state index contributed by atoms with van der Waals surface area (Å²) in [7, 11) is 0. The van der Waals surface area contributed by atoms with Gasteiger partial charge in [-0.25, -0.2) is 0 Å². The Morgan fingerprint density at radius 2 is 1.61 bits per heavy atom. The van der Waals surface area contributed by atoms with Gasteiger partial charge in [0, 0.05) is 6.04 Å². The van der Waals surface area contributed by atoms with Crippen LogP contribution in [0.2, 0.25) is 0 Å². The SMILES string of the molecule is CC(N)C(Oc1ccccc1Br)c1ccccc1. The summed E-state index contributed by atoms with van der Waals surface area (Å²) in [5, 5.41) is 0. The third-order valence-electron chi connectivity index (χ3n) is 2.70. The van der Waals surface area contributed by atoms with Crippen LogP contribution in [0.1, 0.15) is 18.6 Å². The molecule has 2 atom stereocenters. The van der Waals surface area contributed by atoms with Gasteiger partial charge in [0.1, 0.15) is 11.9 Å². The Hall–Kier alpha value is -1.32. The van der Waals surface area contributed by atoms with Crippen LogP contribution in [0.15, 0.2) is 59.1 Å². The van der Waals surface area contributed by atoms with Crippen molar-refractivity contribution >= 4 is 15.9 Å². The van der Waals surface area contributed by atoms with Crippen LogP contribution in [0.25, 0.3) is 0 Å². The first-order chi connectivity index (χ1) is 8.68. The van der Waals surface area contributed by atoms with Crippen molar-refractivity contribution in [2.24, 2.45) is 5.73 Å². The fourth-order valence-corrected chi connectivity index (χ4v) is 2.18. The highest BCUT2D eigenvalue weighted by molar-refractivity contribution is 9.10. The molecule has 2 aromatic carbocycles. The van der Waals surface area contributed by atoms with Crippen molar-refractivity contribution in [2.75, 3.05) is 0 Å². The van der Waals surface area contributed by atoms with Gasteiger partial charge in [-0.3, -0.25) is 0 Å². The molecule has 2 rings (SSSR count). The molecule has 0 aliphatic rings. The molecule has 0 radical (unpaired) electrons. The lowest BCUT2D eigenvalue weighted by atomic mass is 10.0. The Labute approximate surface area is 116 Å². The minimum Gasteiger partial charge on any atom is -0.483 e. The highest BCUT2D eigenvalue weighted by Gasteiger charge is 2.18. The summed E-state index contributed by atoms with van der Waals surface area (Å²) < 4.78 is 6.96. The lowest BCUT2D eigenvalue weighted by molar-refractivity contribution is 0.179. The zero-order valence-corrected chi connectivity index (χ0v) is 11.8. The standard InChI is InChI=1S/C15H16BrNO/c1-11(17)15(12-7-3-2-4-8-12)18-14-10-6-5-9-13(14)16/h2-11,15H,17H2,1H3. The fourth-order valence-electron chi connectivity index (χ4n) is 1.80. The van der Waals surface area contributed by atoms with Crippen LogP contribution in [0.3, 0.4) is 0 Å². The van der Waals surface area contributed by atoms with E-state index in [2.05, 4.69) is 15.9 Å². The summed E-state index contributed by atoms with van der Waals surface area (Å²) in [6.45, 7) is 1.95. The quantitative estimate of drug-likeness (QED) is 0.929. The van der Waals surface area contributed by atoms with Gasteiger partial charge in [-0.05, 0) is 40.5 Å². The predicted octanol–water partition coefficient (Wildman–Crippen LogP) is 3.92. The number of ether oxygens (including phenoxy) is 1. The summed E-state index contributed by atoms with van der Waals surface area (Å²) in [4.78, 5) is 0. The second-order valence-corrected chi connectivity index (χ2v) is 5.09. The molecule has 0 spiro atoms. The van der Waals surface area contributed by atoms with E-state index in [1.807, 2.05) is 61.5 Å². The van der Waals surface area contributed by atoms with Crippen molar-refractivity contribution in [3.8, 4) is 5.75 Å². The summed E-state index contributed by atoms with van der Waals surface area (Å²) in [6, 6.07) is 17.8. The van der Waals surface area contributed by atoms with Gasteiger partial charge in [0.25, 0.3) is 0 Å². The maximum Gasteiger partial charge on any atom is 0.139 e. The van der Waals surface area contributed by atoms with E-state index in [1.165, 1.54) is 0 Å². The minimum atomic E-state index is -0.148.